The second-order valence-corrected chi connectivity index (χ2v) is 12.0. The van der Waals surface area contributed by atoms with Gasteiger partial charge in [0.2, 0.25) is 17.7 Å². The van der Waals surface area contributed by atoms with E-state index in [9.17, 15) is 70.2 Å². The number of ether oxygens (including phenoxy) is 5. The number of aliphatic hydroxyl groups excluding tert-OH is 9. The lowest BCUT2D eigenvalue weighted by atomic mass is 9.88. The number of amides is 3. The minimum absolute atomic E-state index is 0.695. The van der Waals surface area contributed by atoms with Crippen molar-refractivity contribution in [2.24, 2.45) is 0 Å². The summed E-state index contributed by atoms with van der Waals surface area (Å²) in [7, 11) is 0. The molecule has 16 atom stereocenters. The van der Waals surface area contributed by atoms with Crippen molar-refractivity contribution in [2.75, 3.05) is 19.8 Å². The number of carboxylic acid groups (broad SMARTS) is 1. The Balaban J connectivity index is 2.06. The maximum Gasteiger partial charge on any atom is 0.364 e. The summed E-state index contributed by atoms with van der Waals surface area (Å²) in [6.45, 7) is 0.208. The zero-order valence-electron chi connectivity index (χ0n) is 26.6. The third kappa shape index (κ3) is 9.17. The molecule has 0 saturated carbocycles. The Morgan fingerprint density at radius 2 is 1.35 bits per heavy atom. The minimum atomic E-state index is -3.04. The Kier molecular flexibility index (Phi) is 14.2. The van der Waals surface area contributed by atoms with Crippen LogP contribution >= 0.6 is 0 Å². The molecule has 1 unspecified atom stereocenters. The van der Waals surface area contributed by atoms with E-state index in [2.05, 4.69) is 16.0 Å². The Morgan fingerprint density at radius 3 is 1.86 bits per heavy atom. The van der Waals surface area contributed by atoms with E-state index < -0.39 is 147 Å². The van der Waals surface area contributed by atoms with Gasteiger partial charge in [0.05, 0.1) is 32.0 Å². The second-order valence-electron chi connectivity index (χ2n) is 12.0. The first-order chi connectivity index (χ1) is 22.9. The highest BCUT2D eigenvalue weighted by Crippen LogP contribution is 2.38. The summed E-state index contributed by atoms with van der Waals surface area (Å²) < 4.78 is 28.3. The molecule has 22 heteroatoms. The molecule has 0 radical (unpaired) electrons. The molecule has 13 N–H and O–H groups in total. The Morgan fingerprint density at radius 1 is 0.796 bits per heavy atom. The van der Waals surface area contributed by atoms with Crippen molar-refractivity contribution in [2.45, 2.75) is 125 Å². The number of carbonyl (C=O) groups is 4. The quantitative estimate of drug-likeness (QED) is 0.0842. The number of hydrogen-bond acceptors (Lipinski definition) is 18. The molecule has 0 aliphatic carbocycles. The van der Waals surface area contributed by atoms with Crippen LogP contribution in [0.25, 0.3) is 0 Å². The number of aliphatic hydroxyl groups is 9. The summed E-state index contributed by atoms with van der Waals surface area (Å²) in [6.07, 6.45) is -23.3. The summed E-state index contributed by atoms with van der Waals surface area (Å²) in [5.74, 6) is -7.30. The largest absolute Gasteiger partial charge is 0.477 e. The lowest BCUT2D eigenvalue weighted by Crippen LogP contribution is -2.72. The van der Waals surface area contributed by atoms with E-state index in [1.165, 1.54) is 0 Å². The van der Waals surface area contributed by atoms with Gasteiger partial charge in [-0.25, -0.2) is 4.79 Å². The molecule has 49 heavy (non-hydrogen) atoms. The fourth-order valence-corrected chi connectivity index (χ4v) is 5.98. The fraction of sp³-hybridized carbons (Fsp3) is 0.852. The van der Waals surface area contributed by atoms with Crippen molar-refractivity contribution in [3.63, 3.8) is 0 Å². The van der Waals surface area contributed by atoms with Gasteiger partial charge in [-0.3, -0.25) is 14.4 Å². The van der Waals surface area contributed by atoms with Gasteiger partial charge in [0.15, 0.2) is 12.6 Å². The normalized spacial score (nSPS) is 40.9. The molecule has 0 aromatic heterocycles. The van der Waals surface area contributed by atoms with Crippen molar-refractivity contribution in [1.82, 2.24) is 16.0 Å². The van der Waals surface area contributed by atoms with Crippen molar-refractivity contribution < 1.29 is 93.9 Å². The number of aliphatic carboxylic acids is 1. The first-order valence-corrected chi connectivity index (χ1v) is 15.2. The predicted molar refractivity (Wildman–Crippen MR) is 153 cm³/mol. The molecule has 0 aromatic carbocycles. The Bertz CT molecular complexity index is 1170. The van der Waals surface area contributed by atoms with Crippen LogP contribution < -0.4 is 16.0 Å². The lowest BCUT2D eigenvalue weighted by Gasteiger charge is -2.51. The number of nitrogens with one attached hydrogen (secondary N) is 3. The van der Waals surface area contributed by atoms with E-state index in [-0.39, 0.29) is 0 Å². The zero-order chi connectivity index (χ0) is 37.0. The molecular weight excluding hydrogens is 670 g/mol. The molecule has 282 valence electrons. The first kappa shape index (κ1) is 40.7. The van der Waals surface area contributed by atoms with Gasteiger partial charge in [-0.1, -0.05) is 0 Å². The first-order valence-electron chi connectivity index (χ1n) is 15.2. The van der Waals surface area contributed by atoms with Gasteiger partial charge < -0.3 is 90.7 Å². The van der Waals surface area contributed by atoms with Gasteiger partial charge in [-0.15, -0.1) is 0 Å². The average molecular weight is 716 g/mol. The molecule has 22 nitrogen and oxygen atoms in total. The van der Waals surface area contributed by atoms with E-state index in [1.54, 1.807) is 0 Å². The molecule has 3 fully saturated rings. The van der Waals surface area contributed by atoms with Gasteiger partial charge in [-0.05, 0) is 0 Å². The van der Waals surface area contributed by atoms with Crippen LogP contribution in [-0.4, -0.2) is 192 Å². The standard InChI is InChI=1S/C27H45N3O19/c1-8(34)28-15-11(37)4-27(26(43)44,48-22(15)18(39)12(38)5-31)49-23-17(30-10(3)36)25(46-13(6-32)19(23)40)47-21-14(7-33)45-24(42)16(20(21)41)29-9(2)35/h11-25,31-33,37-42H,4-7H2,1-3H3,(H,28,34)(H,29,35)(H,30,36)(H,43,44)/t11-,12+,13+,14+,15+,16+,17+,18+,19-,20+,21+,22+,23+,24?,25-,27-/m0/s1. The summed E-state index contributed by atoms with van der Waals surface area (Å²) >= 11 is 0. The van der Waals surface area contributed by atoms with Gasteiger partial charge in [0.1, 0.15) is 67.0 Å². The second kappa shape index (κ2) is 17.0. The molecule has 3 rings (SSSR count). The summed E-state index contributed by atoms with van der Waals surface area (Å²) in [4.78, 5) is 48.8. The zero-order valence-corrected chi connectivity index (χ0v) is 26.6. The van der Waals surface area contributed by atoms with E-state index in [0.29, 0.717) is 0 Å². The highest BCUT2D eigenvalue weighted by Gasteiger charge is 2.60. The van der Waals surface area contributed by atoms with Gasteiger partial charge in [0, 0.05) is 27.2 Å². The number of carbonyl (C=O) groups excluding carboxylic acids is 3. The molecule has 0 bridgehead atoms. The maximum atomic E-state index is 12.8. The van der Waals surface area contributed by atoms with E-state index in [0.717, 1.165) is 20.8 Å². The van der Waals surface area contributed by atoms with Crippen LogP contribution in [0, 0.1) is 0 Å². The van der Waals surface area contributed by atoms with Crippen LogP contribution in [0.2, 0.25) is 0 Å². The lowest BCUT2D eigenvalue weighted by molar-refractivity contribution is -0.366. The van der Waals surface area contributed by atoms with Crippen LogP contribution in [0.3, 0.4) is 0 Å². The van der Waals surface area contributed by atoms with Crippen LogP contribution in [0.5, 0.6) is 0 Å². The highest BCUT2D eigenvalue weighted by atomic mass is 16.8. The van der Waals surface area contributed by atoms with Crippen LogP contribution in [-0.2, 0) is 42.9 Å². The van der Waals surface area contributed by atoms with Gasteiger partial charge >= 0.3 is 5.97 Å². The van der Waals surface area contributed by atoms with Crippen LogP contribution in [0.4, 0.5) is 0 Å². The van der Waals surface area contributed by atoms with E-state index in [1.807, 2.05) is 0 Å². The van der Waals surface area contributed by atoms with Crippen molar-refractivity contribution in [1.29, 1.82) is 0 Å². The topological polar surface area (TPSA) is 353 Å². The molecule has 3 amide bonds. The molecule has 3 heterocycles. The molecule has 0 spiro atoms. The van der Waals surface area contributed by atoms with E-state index in [4.69, 9.17) is 23.7 Å². The number of rotatable bonds is 13. The minimum Gasteiger partial charge on any atom is -0.477 e. The monoisotopic (exact) mass is 715 g/mol. The molecule has 3 aliphatic heterocycles. The van der Waals surface area contributed by atoms with Gasteiger partial charge in [0.25, 0.3) is 5.79 Å². The average Bonchev–Trinajstić information content (AvgIpc) is 3.02. The summed E-state index contributed by atoms with van der Waals surface area (Å²) in [5, 5.41) is 111. The Hall–Kier alpha value is -2.68. The molecule has 0 aromatic rings. The Labute approximate surface area is 278 Å². The van der Waals surface area contributed by atoms with Crippen molar-refractivity contribution in [3.8, 4) is 0 Å². The third-order valence-electron chi connectivity index (χ3n) is 8.27. The smallest absolute Gasteiger partial charge is 0.364 e. The van der Waals surface area contributed by atoms with Crippen LogP contribution in [0.15, 0.2) is 0 Å². The van der Waals surface area contributed by atoms with E-state index >= 15 is 0 Å². The van der Waals surface area contributed by atoms with Gasteiger partial charge in [-0.2, -0.15) is 0 Å². The highest BCUT2D eigenvalue weighted by molar-refractivity contribution is 5.77. The fourth-order valence-electron chi connectivity index (χ4n) is 5.98. The predicted octanol–water partition coefficient (Wildman–Crippen LogP) is -7.94. The number of hydrogen-bond donors (Lipinski definition) is 13. The summed E-state index contributed by atoms with van der Waals surface area (Å²) in [5.41, 5.74) is 0. The SMILES string of the molecule is CC(=O)N[C@H]1[C@H](O[C@H]2[C@H](O)[C@@H](NC(C)=O)C(O)O[C@@H]2CO)O[C@H](CO)[C@H](O)[C@@H]1O[C@]1(C(=O)O)C[C@H](O)[C@@H](NC(C)=O)[C@H]([C@H](O)[C@H](O)CO)O1. The van der Waals surface area contributed by atoms with Crippen molar-refractivity contribution in [3.05, 3.63) is 0 Å². The van der Waals surface area contributed by atoms with Crippen LogP contribution in [0.1, 0.15) is 27.2 Å². The molecular formula is C27H45N3O19. The van der Waals surface area contributed by atoms with Crippen molar-refractivity contribution >= 4 is 23.7 Å². The molecule has 3 aliphatic rings. The molecule has 3 saturated heterocycles. The maximum absolute atomic E-state index is 12.8. The number of carboxylic acids is 1. The summed E-state index contributed by atoms with van der Waals surface area (Å²) in [6, 6.07) is -4.84. The third-order valence-corrected chi connectivity index (χ3v) is 8.27.